The molecular weight excluding hydrogens is 314 g/mol. The lowest BCUT2D eigenvalue weighted by Crippen LogP contribution is -2.33. The third-order valence-corrected chi connectivity index (χ3v) is 4.45. The highest BCUT2D eigenvalue weighted by Crippen LogP contribution is 2.26. The Hall–Kier alpha value is -2.04. The van der Waals surface area contributed by atoms with E-state index in [9.17, 15) is 5.11 Å². The number of methoxy groups -OCH3 is 1. The lowest BCUT2D eigenvalue weighted by Gasteiger charge is -2.22. The van der Waals surface area contributed by atoms with Gasteiger partial charge in [0.25, 0.3) is 0 Å². The number of benzene rings is 2. The van der Waals surface area contributed by atoms with E-state index in [1.807, 2.05) is 38.2 Å². The quantitative estimate of drug-likeness (QED) is 0.797. The average molecular weight is 343 g/mol. The zero-order chi connectivity index (χ0) is 18.4. The lowest BCUT2D eigenvalue weighted by molar-refractivity contribution is 0.0736. The Balaban J connectivity index is 1.90. The van der Waals surface area contributed by atoms with E-state index < -0.39 is 6.10 Å². The third-order valence-electron chi connectivity index (χ3n) is 4.45. The molecule has 0 aliphatic heterocycles. The van der Waals surface area contributed by atoms with Crippen LogP contribution in [-0.4, -0.2) is 43.4 Å². The molecule has 0 radical (unpaired) electrons. The first-order valence-corrected chi connectivity index (χ1v) is 8.60. The Bertz CT molecular complexity index is 700. The van der Waals surface area contributed by atoms with E-state index in [-0.39, 0.29) is 6.61 Å². The molecule has 2 aromatic rings. The first-order valence-electron chi connectivity index (χ1n) is 8.60. The molecule has 25 heavy (non-hydrogen) atoms. The summed E-state index contributed by atoms with van der Waals surface area (Å²) in [5.41, 5.74) is 4.53. The molecule has 0 amide bonds. The van der Waals surface area contributed by atoms with Crippen molar-refractivity contribution in [1.29, 1.82) is 0 Å². The highest BCUT2D eigenvalue weighted by Gasteiger charge is 2.13. The van der Waals surface area contributed by atoms with E-state index in [1.165, 1.54) is 5.56 Å². The fourth-order valence-electron chi connectivity index (χ4n) is 2.93. The van der Waals surface area contributed by atoms with Crippen molar-refractivity contribution in [3.05, 3.63) is 58.7 Å². The van der Waals surface area contributed by atoms with Crippen LogP contribution in [0.3, 0.4) is 0 Å². The van der Waals surface area contributed by atoms with Crippen molar-refractivity contribution < 1.29 is 14.6 Å². The summed E-state index contributed by atoms with van der Waals surface area (Å²) in [6, 6.07) is 12.1. The molecule has 1 unspecified atom stereocenters. The van der Waals surface area contributed by atoms with Gasteiger partial charge in [0.05, 0.1) is 7.11 Å². The molecule has 2 aromatic carbocycles. The summed E-state index contributed by atoms with van der Waals surface area (Å²) in [6.07, 6.45) is -0.556. The van der Waals surface area contributed by atoms with Gasteiger partial charge in [-0.05, 0) is 50.6 Å². The van der Waals surface area contributed by atoms with Gasteiger partial charge in [0.15, 0.2) is 0 Å². The molecule has 2 rings (SSSR count). The standard InChI is InChI=1S/C21H29NO3/c1-15-10-11-16(2)21(17(15)3)25-14-19(23)13-22(4)12-18-8-6-7-9-20(18)24-5/h6-11,19,23H,12-14H2,1-5H3. The van der Waals surface area contributed by atoms with Gasteiger partial charge in [-0.3, -0.25) is 4.90 Å². The molecule has 4 heteroatoms. The first-order chi connectivity index (χ1) is 11.9. The van der Waals surface area contributed by atoms with E-state index >= 15 is 0 Å². The molecule has 136 valence electrons. The SMILES string of the molecule is COc1ccccc1CN(C)CC(O)COc1c(C)ccc(C)c1C. The van der Waals surface area contributed by atoms with Gasteiger partial charge in [-0.2, -0.15) is 0 Å². The Kier molecular flexibility index (Phi) is 6.85. The predicted octanol–water partition coefficient (Wildman–Crippen LogP) is 3.49. The number of para-hydroxylation sites is 1. The number of nitrogens with zero attached hydrogens (tertiary/aromatic N) is 1. The largest absolute Gasteiger partial charge is 0.496 e. The first kappa shape index (κ1) is 19.3. The van der Waals surface area contributed by atoms with Crippen LogP contribution < -0.4 is 9.47 Å². The fraction of sp³-hybridized carbons (Fsp3) is 0.429. The van der Waals surface area contributed by atoms with Gasteiger partial charge in [-0.25, -0.2) is 0 Å². The minimum absolute atomic E-state index is 0.279. The number of rotatable bonds is 8. The number of likely N-dealkylation sites (N-methyl/N-ethyl adjacent to an activating group) is 1. The average Bonchev–Trinajstić information content (AvgIpc) is 2.58. The van der Waals surface area contributed by atoms with Crippen LogP contribution in [0.5, 0.6) is 11.5 Å². The van der Waals surface area contributed by atoms with Crippen LogP contribution in [0.1, 0.15) is 22.3 Å². The number of hydrogen-bond donors (Lipinski definition) is 1. The highest BCUT2D eigenvalue weighted by atomic mass is 16.5. The van der Waals surface area contributed by atoms with Crippen molar-refractivity contribution in [3.63, 3.8) is 0 Å². The van der Waals surface area contributed by atoms with E-state index in [0.29, 0.717) is 13.1 Å². The van der Waals surface area contributed by atoms with Crippen LogP contribution in [0.15, 0.2) is 36.4 Å². The summed E-state index contributed by atoms with van der Waals surface area (Å²) >= 11 is 0. The molecule has 0 fully saturated rings. The van der Waals surface area contributed by atoms with Crippen LogP contribution in [0.25, 0.3) is 0 Å². The summed E-state index contributed by atoms with van der Waals surface area (Å²) in [7, 11) is 3.66. The minimum Gasteiger partial charge on any atom is -0.496 e. The van der Waals surface area contributed by atoms with Gasteiger partial charge >= 0.3 is 0 Å². The van der Waals surface area contributed by atoms with Crippen LogP contribution in [0, 0.1) is 20.8 Å². The molecule has 0 saturated carbocycles. The fourth-order valence-corrected chi connectivity index (χ4v) is 2.93. The number of ether oxygens (including phenoxy) is 2. The molecule has 0 aromatic heterocycles. The van der Waals surface area contributed by atoms with Crippen molar-refractivity contribution in [2.75, 3.05) is 27.3 Å². The smallest absolute Gasteiger partial charge is 0.125 e. The maximum Gasteiger partial charge on any atom is 0.125 e. The lowest BCUT2D eigenvalue weighted by atomic mass is 10.1. The van der Waals surface area contributed by atoms with Crippen molar-refractivity contribution in [2.24, 2.45) is 0 Å². The van der Waals surface area contributed by atoms with Crippen LogP contribution in [-0.2, 0) is 6.54 Å². The molecule has 0 heterocycles. The number of aliphatic hydroxyl groups is 1. The van der Waals surface area contributed by atoms with Crippen molar-refractivity contribution in [3.8, 4) is 11.5 Å². The maximum atomic E-state index is 10.3. The zero-order valence-electron chi connectivity index (χ0n) is 15.9. The topological polar surface area (TPSA) is 41.9 Å². The normalized spacial score (nSPS) is 12.3. The third kappa shape index (κ3) is 5.21. The molecule has 0 spiro atoms. The summed E-state index contributed by atoms with van der Waals surface area (Å²) in [5, 5.41) is 10.3. The summed E-state index contributed by atoms with van der Waals surface area (Å²) in [6.45, 7) is 7.67. The van der Waals surface area contributed by atoms with Gasteiger partial charge in [-0.15, -0.1) is 0 Å². The van der Waals surface area contributed by atoms with Gasteiger partial charge < -0.3 is 14.6 Å². The van der Waals surface area contributed by atoms with Gasteiger partial charge in [0.1, 0.15) is 24.2 Å². The Morgan fingerprint density at radius 2 is 1.72 bits per heavy atom. The summed E-state index contributed by atoms with van der Waals surface area (Å²) in [5.74, 6) is 1.75. The summed E-state index contributed by atoms with van der Waals surface area (Å²) < 4.78 is 11.3. The molecule has 4 nitrogen and oxygen atoms in total. The highest BCUT2D eigenvalue weighted by molar-refractivity contribution is 5.44. The Morgan fingerprint density at radius 3 is 2.44 bits per heavy atom. The number of aliphatic hydroxyl groups excluding tert-OH is 1. The van der Waals surface area contributed by atoms with Crippen molar-refractivity contribution in [2.45, 2.75) is 33.4 Å². The molecular formula is C21H29NO3. The van der Waals surface area contributed by atoms with Gasteiger partial charge in [0, 0.05) is 18.7 Å². The van der Waals surface area contributed by atoms with E-state index in [0.717, 1.165) is 28.2 Å². The van der Waals surface area contributed by atoms with Gasteiger partial charge in [-0.1, -0.05) is 30.3 Å². The van der Waals surface area contributed by atoms with Crippen molar-refractivity contribution in [1.82, 2.24) is 4.90 Å². The van der Waals surface area contributed by atoms with Crippen LogP contribution >= 0.6 is 0 Å². The minimum atomic E-state index is -0.556. The Labute approximate surface area is 151 Å². The molecule has 1 N–H and O–H groups in total. The van der Waals surface area contributed by atoms with E-state index in [4.69, 9.17) is 9.47 Å². The Morgan fingerprint density at radius 1 is 1.04 bits per heavy atom. The summed E-state index contributed by atoms with van der Waals surface area (Å²) in [4.78, 5) is 2.07. The molecule has 0 aliphatic rings. The van der Waals surface area contributed by atoms with E-state index in [1.54, 1.807) is 7.11 Å². The monoisotopic (exact) mass is 343 g/mol. The molecule has 1 atom stereocenters. The van der Waals surface area contributed by atoms with Crippen molar-refractivity contribution >= 4 is 0 Å². The van der Waals surface area contributed by atoms with Gasteiger partial charge in [0.2, 0.25) is 0 Å². The maximum absolute atomic E-state index is 10.3. The molecule has 0 saturated heterocycles. The number of aryl methyl sites for hydroxylation is 2. The van der Waals surface area contributed by atoms with Crippen LogP contribution in [0.2, 0.25) is 0 Å². The van der Waals surface area contributed by atoms with E-state index in [2.05, 4.69) is 30.9 Å². The molecule has 0 aliphatic carbocycles. The second-order valence-corrected chi connectivity index (χ2v) is 6.63. The van der Waals surface area contributed by atoms with Crippen LogP contribution in [0.4, 0.5) is 0 Å². The zero-order valence-corrected chi connectivity index (χ0v) is 15.9. The molecule has 0 bridgehead atoms. The second kappa shape index (κ2) is 8.88. The second-order valence-electron chi connectivity index (χ2n) is 6.63. The number of hydrogen-bond acceptors (Lipinski definition) is 4. The predicted molar refractivity (Wildman–Crippen MR) is 101 cm³/mol.